The van der Waals surface area contributed by atoms with Gasteiger partial charge in [0.1, 0.15) is 0 Å². The van der Waals surface area contributed by atoms with E-state index in [0.29, 0.717) is 24.1 Å². The van der Waals surface area contributed by atoms with Crippen LogP contribution >= 0.6 is 0 Å². The van der Waals surface area contributed by atoms with E-state index in [0.717, 1.165) is 17.8 Å². The highest BCUT2D eigenvalue weighted by Gasteiger charge is 2.08. The van der Waals surface area contributed by atoms with Gasteiger partial charge in [0.05, 0.1) is 12.4 Å². The van der Waals surface area contributed by atoms with Gasteiger partial charge in [0, 0.05) is 24.8 Å². The Bertz CT molecular complexity index is 548. The molecule has 0 bridgehead atoms. The molecule has 0 aliphatic rings. The maximum absolute atomic E-state index is 5.74. The quantitative estimate of drug-likeness (QED) is 0.897. The summed E-state index contributed by atoms with van der Waals surface area (Å²) < 4.78 is 7.56. The Morgan fingerprint density at radius 3 is 2.74 bits per heavy atom. The predicted octanol–water partition coefficient (Wildman–Crippen LogP) is 2.67. The van der Waals surface area contributed by atoms with Crippen molar-refractivity contribution in [3.63, 3.8) is 0 Å². The lowest BCUT2D eigenvalue weighted by Crippen LogP contribution is -2.02. The Hall–Kier alpha value is -1.88. The van der Waals surface area contributed by atoms with E-state index in [-0.39, 0.29) is 0 Å². The van der Waals surface area contributed by atoms with Crippen molar-refractivity contribution in [1.29, 1.82) is 0 Å². The van der Waals surface area contributed by atoms with E-state index in [2.05, 4.69) is 23.9 Å². The SMILES string of the molecule is CCn1cc(Oc2cc(CN)cc(C(C)C)n2)cn1. The molecule has 19 heavy (non-hydrogen) atoms. The predicted molar refractivity (Wildman–Crippen MR) is 74.2 cm³/mol. The van der Waals surface area contributed by atoms with Crippen molar-refractivity contribution in [1.82, 2.24) is 14.8 Å². The van der Waals surface area contributed by atoms with Gasteiger partial charge in [-0.15, -0.1) is 0 Å². The largest absolute Gasteiger partial charge is 0.436 e. The van der Waals surface area contributed by atoms with Gasteiger partial charge in [-0.1, -0.05) is 13.8 Å². The number of ether oxygens (including phenoxy) is 1. The highest BCUT2D eigenvalue weighted by Crippen LogP contribution is 2.23. The average Bonchev–Trinajstić information content (AvgIpc) is 2.85. The molecule has 0 saturated heterocycles. The van der Waals surface area contributed by atoms with Crippen LogP contribution in [0, 0.1) is 0 Å². The van der Waals surface area contributed by atoms with Gasteiger partial charge < -0.3 is 10.5 Å². The molecule has 0 spiro atoms. The van der Waals surface area contributed by atoms with E-state index in [1.807, 2.05) is 29.9 Å². The number of pyridine rings is 1. The minimum absolute atomic E-state index is 0.340. The number of aryl methyl sites for hydroxylation is 1. The fourth-order valence-electron chi connectivity index (χ4n) is 1.74. The first kappa shape index (κ1) is 13.5. The third-order valence-electron chi connectivity index (χ3n) is 2.86. The lowest BCUT2D eigenvalue weighted by molar-refractivity contribution is 0.457. The zero-order valence-corrected chi connectivity index (χ0v) is 11.6. The Labute approximate surface area is 113 Å². The third kappa shape index (κ3) is 3.32. The van der Waals surface area contributed by atoms with Crippen LogP contribution in [0.1, 0.15) is 37.9 Å². The first-order valence-corrected chi connectivity index (χ1v) is 6.53. The summed E-state index contributed by atoms with van der Waals surface area (Å²) >= 11 is 0. The summed E-state index contributed by atoms with van der Waals surface area (Å²) in [7, 11) is 0. The normalized spacial score (nSPS) is 11.0. The summed E-state index contributed by atoms with van der Waals surface area (Å²) in [4.78, 5) is 4.50. The van der Waals surface area contributed by atoms with Crippen molar-refractivity contribution in [2.75, 3.05) is 0 Å². The van der Waals surface area contributed by atoms with E-state index in [4.69, 9.17) is 10.5 Å². The van der Waals surface area contributed by atoms with E-state index >= 15 is 0 Å². The van der Waals surface area contributed by atoms with Crippen LogP contribution in [0.3, 0.4) is 0 Å². The molecule has 0 amide bonds. The molecular formula is C14H20N4O. The van der Waals surface area contributed by atoms with Gasteiger partial charge in [-0.05, 0) is 24.5 Å². The summed E-state index contributed by atoms with van der Waals surface area (Å²) in [6, 6.07) is 3.89. The standard InChI is InChI=1S/C14H20N4O/c1-4-18-9-12(8-16-18)19-14-6-11(7-15)5-13(17-14)10(2)3/h5-6,8-10H,4,7,15H2,1-3H3. The van der Waals surface area contributed by atoms with Crippen LogP contribution in [0.15, 0.2) is 24.5 Å². The average molecular weight is 260 g/mol. The summed E-state index contributed by atoms with van der Waals surface area (Å²) in [6.07, 6.45) is 3.54. The zero-order valence-electron chi connectivity index (χ0n) is 11.6. The molecule has 0 atom stereocenters. The maximum Gasteiger partial charge on any atom is 0.219 e. The van der Waals surface area contributed by atoms with Crippen LogP contribution in [0.25, 0.3) is 0 Å². The Morgan fingerprint density at radius 2 is 2.16 bits per heavy atom. The monoisotopic (exact) mass is 260 g/mol. The minimum atomic E-state index is 0.340. The highest BCUT2D eigenvalue weighted by atomic mass is 16.5. The Kier molecular flexibility index (Phi) is 4.16. The van der Waals surface area contributed by atoms with Crippen molar-refractivity contribution in [2.24, 2.45) is 5.73 Å². The van der Waals surface area contributed by atoms with E-state index in [1.165, 1.54) is 0 Å². The second kappa shape index (κ2) is 5.84. The molecule has 2 heterocycles. The number of hydrogen-bond acceptors (Lipinski definition) is 4. The second-order valence-corrected chi connectivity index (χ2v) is 4.73. The van der Waals surface area contributed by atoms with Gasteiger partial charge in [-0.25, -0.2) is 4.98 Å². The smallest absolute Gasteiger partial charge is 0.219 e. The molecule has 5 heteroatoms. The molecular weight excluding hydrogens is 240 g/mol. The second-order valence-electron chi connectivity index (χ2n) is 4.73. The fraction of sp³-hybridized carbons (Fsp3) is 0.429. The molecule has 0 aromatic carbocycles. The molecule has 0 aliphatic carbocycles. The van der Waals surface area contributed by atoms with Gasteiger partial charge in [0.15, 0.2) is 5.75 Å². The van der Waals surface area contributed by atoms with Crippen LogP contribution in [0.4, 0.5) is 0 Å². The molecule has 102 valence electrons. The van der Waals surface area contributed by atoms with Crippen molar-refractivity contribution in [3.05, 3.63) is 35.8 Å². The minimum Gasteiger partial charge on any atom is -0.436 e. The molecule has 0 aliphatic heterocycles. The van der Waals surface area contributed by atoms with Crippen LogP contribution in [0.5, 0.6) is 11.6 Å². The van der Waals surface area contributed by atoms with E-state index in [1.54, 1.807) is 6.20 Å². The zero-order chi connectivity index (χ0) is 13.8. The van der Waals surface area contributed by atoms with Crippen LogP contribution in [0.2, 0.25) is 0 Å². The first-order valence-electron chi connectivity index (χ1n) is 6.53. The molecule has 0 saturated carbocycles. The molecule has 0 fully saturated rings. The number of nitrogens with zero attached hydrogens (tertiary/aromatic N) is 3. The van der Waals surface area contributed by atoms with E-state index in [9.17, 15) is 0 Å². The van der Waals surface area contributed by atoms with Crippen molar-refractivity contribution < 1.29 is 4.74 Å². The summed E-state index contributed by atoms with van der Waals surface area (Å²) in [5, 5.41) is 4.17. The first-order chi connectivity index (χ1) is 9.12. The molecule has 2 N–H and O–H groups in total. The van der Waals surface area contributed by atoms with Crippen molar-refractivity contribution >= 4 is 0 Å². The van der Waals surface area contributed by atoms with Gasteiger partial charge in [-0.3, -0.25) is 4.68 Å². The molecule has 2 aromatic heterocycles. The lowest BCUT2D eigenvalue weighted by Gasteiger charge is -2.10. The summed E-state index contributed by atoms with van der Waals surface area (Å²) in [5.74, 6) is 1.60. The van der Waals surface area contributed by atoms with Crippen LogP contribution in [-0.4, -0.2) is 14.8 Å². The lowest BCUT2D eigenvalue weighted by atomic mass is 10.1. The molecule has 0 unspecified atom stereocenters. The fourth-order valence-corrected chi connectivity index (χ4v) is 1.74. The molecule has 2 rings (SSSR count). The van der Waals surface area contributed by atoms with Gasteiger partial charge in [-0.2, -0.15) is 5.10 Å². The van der Waals surface area contributed by atoms with Gasteiger partial charge >= 0.3 is 0 Å². The number of hydrogen-bond donors (Lipinski definition) is 1. The van der Waals surface area contributed by atoms with Crippen LogP contribution in [-0.2, 0) is 13.1 Å². The third-order valence-corrected chi connectivity index (χ3v) is 2.86. The number of rotatable bonds is 5. The number of aromatic nitrogens is 3. The molecule has 5 nitrogen and oxygen atoms in total. The van der Waals surface area contributed by atoms with Gasteiger partial charge in [0.25, 0.3) is 0 Å². The topological polar surface area (TPSA) is 66.0 Å². The highest BCUT2D eigenvalue weighted by molar-refractivity contribution is 5.29. The Balaban J connectivity index is 2.25. The van der Waals surface area contributed by atoms with Crippen LogP contribution < -0.4 is 10.5 Å². The summed E-state index contributed by atoms with van der Waals surface area (Å²) in [5.41, 5.74) is 7.72. The molecule has 0 radical (unpaired) electrons. The summed E-state index contributed by atoms with van der Waals surface area (Å²) in [6.45, 7) is 7.52. The maximum atomic E-state index is 5.74. The Morgan fingerprint density at radius 1 is 1.37 bits per heavy atom. The van der Waals surface area contributed by atoms with Crippen molar-refractivity contribution in [2.45, 2.75) is 39.8 Å². The molecule has 2 aromatic rings. The van der Waals surface area contributed by atoms with Gasteiger partial charge in [0.2, 0.25) is 5.88 Å². The van der Waals surface area contributed by atoms with E-state index < -0.39 is 0 Å². The van der Waals surface area contributed by atoms with Crippen molar-refractivity contribution in [3.8, 4) is 11.6 Å². The number of nitrogens with two attached hydrogens (primary N) is 1.